The van der Waals surface area contributed by atoms with Crippen LogP contribution in [0.15, 0.2) is 36.0 Å². The third kappa shape index (κ3) is 1.60. The number of rotatable bonds is 3. The van der Waals surface area contributed by atoms with Crippen molar-refractivity contribution in [1.82, 2.24) is 0 Å². The van der Waals surface area contributed by atoms with Crippen molar-refractivity contribution in [3.63, 3.8) is 0 Å². The fraction of sp³-hybridized carbons (Fsp3) is 0.400. The molecule has 0 spiro atoms. The van der Waals surface area contributed by atoms with Gasteiger partial charge in [-0.25, -0.2) is 0 Å². The maximum absolute atomic E-state index is 4.02. The van der Waals surface area contributed by atoms with Crippen LogP contribution >= 0.6 is 0 Å². The van der Waals surface area contributed by atoms with Crippen molar-refractivity contribution >= 4 is 0 Å². The SMILES string of the molecule is C=C(CCC)C1=CC=CC1. The normalized spacial score (nSPS) is 15.5. The molecule has 0 fully saturated rings. The summed E-state index contributed by atoms with van der Waals surface area (Å²) in [6, 6.07) is 0. The maximum atomic E-state index is 4.02. The second-order valence-corrected chi connectivity index (χ2v) is 2.68. The van der Waals surface area contributed by atoms with Gasteiger partial charge in [-0.1, -0.05) is 43.7 Å². The van der Waals surface area contributed by atoms with Crippen molar-refractivity contribution in [2.75, 3.05) is 0 Å². The van der Waals surface area contributed by atoms with Crippen molar-refractivity contribution in [2.45, 2.75) is 26.2 Å². The van der Waals surface area contributed by atoms with Crippen LogP contribution in [0.1, 0.15) is 26.2 Å². The van der Waals surface area contributed by atoms with Crippen LogP contribution in [0.25, 0.3) is 0 Å². The van der Waals surface area contributed by atoms with Crippen LogP contribution in [0.3, 0.4) is 0 Å². The van der Waals surface area contributed by atoms with Crippen molar-refractivity contribution in [3.05, 3.63) is 36.0 Å². The zero-order chi connectivity index (χ0) is 7.40. The van der Waals surface area contributed by atoms with Crippen LogP contribution in [0, 0.1) is 0 Å². The molecule has 0 saturated carbocycles. The largest absolute Gasteiger partial charge is 0.0955 e. The van der Waals surface area contributed by atoms with Crippen molar-refractivity contribution in [1.29, 1.82) is 0 Å². The molecular formula is C10H14. The molecule has 0 radical (unpaired) electrons. The zero-order valence-electron chi connectivity index (χ0n) is 6.56. The molecule has 0 aromatic heterocycles. The molecule has 0 aromatic rings. The molecule has 0 saturated heterocycles. The topological polar surface area (TPSA) is 0 Å². The minimum absolute atomic E-state index is 1.10. The van der Waals surface area contributed by atoms with Gasteiger partial charge in [0.05, 0.1) is 0 Å². The summed E-state index contributed by atoms with van der Waals surface area (Å²) in [5.74, 6) is 0. The third-order valence-corrected chi connectivity index (χ3v) is 1.78. The lowest BCUT2D eigenvalue weighted by Gasteiger charge is -2.02. The van der Waals surface area contributed by atoms with Gasteiger partial charge < -0.3 is 0 Å². The molecule has 1 aliphatic rings. The molecule has 0 N–H and O–H groups in total. The first-order chi connectivity index (χ1) is 4.84. The van der Waals surface area contributed by atoms with Gasteiger partial charge in [-0.15, -0.1) is 0 Å². The lowest BCUT2D eigenvalue weighted by Crippen LogP contribution is -1.83. The van der Waals surface area contributed by atoms with Gasteiger partial charge in [0.15, 0.2) is 0 Å². The van der Waals surface area contributed by atoms with E-state index in [1.165, 1.54) is 17.6 Å². The van der Waals surface area contributed by atoms with E-state index >= 15 is 0 Å². The van der Waals surface area contributed by atoms with Crippen LogP contribution in [0.4, 0.5) is 0 Å². The number of allylic oxidation sites excluding steroid dienone is 5. The van der Waals surface area contributed by atoms with Crippen LogP contribution < -0.4 is 0 Å². The Hall–Kier alpha value is -0.780. The smallest absolute Gasteiger partial charge is 0.00918 e. The monoisotopic (exact) mass is 134 g/mol. The fourth-order valence-electron chi connectivity index (χ4n) is 1.17. The average Bonchev–Trinajstić information content (AvgIpc) is 2.38. The summed E-state index contributed by atoms with van der Waals surface area (Å²) < 4.78 is 0. The molecule has 1 rings (SSSR count). The highest BCUT2D eigenvalue weighted by molar-refractivity contribution is 5.37. The van der Waals surface area contributed by atoms with E-state index in [1.54, 1.807) is 0 Å². The molecule has 0 bridgehead atoms. The minimum atomic E-state index is 1.10. The predicted octanol–water partition coefficient (Wildman–Crippen LogP) is 3.23. The highest BCUT2D eigenvalue weighted by atomic mass is 14.1. The molecule has 1 aliphatic carbocycles. The molecule has 0 nitrogen and oxygen atoms in total. The Kier molecular flexibility index (Phi) is 2.49. The Bertz CT molecular complexity index is 182. The fourth-order valence-corrected chi connectivity index (χ4v) is 1.17. The lowest BCUT2D eigenvalue weighted by atomic mass is 10.0. The zero-order valence-corrected chi connectivity index (χ0v) is 6.56. The molecule has 0 aliphatic heterocycles. The summed E-state index contributed by atoms with van der Waals surface area (Å²) in [6.07, 6.45) is 9.90. The Balaban J connectivity index is 2.43. The summed E-state index contributed by atoms with van der Waals surface area (Å²) in [4.78, 5) is 0. The van der Waals surface area contributed by atoms with Crippen LogP contribution in [0.5, 0.6) is 0 Å². The molecule has 0 atom stereocenters. The summed E-state index contributed by atoms with van der Waals surface area (Å²) in [5.41, 5.74) is 2.73. The maximum Gasteiger partial charge on any atom is -0.00918 e. The second-order valence-electron chi connectivity index (χ2n) is 2.68. The van der Waals surface area contributed by atoms with Crippen molar-refractivity contribution in [3.8, 4) is 0 Å². The minimum Gasteiger partial charge on any atom is -0.0955 e. The second kappa shape index (κ2) is 3.40. The van der Waals surface area contributed by atoms with Gasteiger partial charge >= 0.3 is 0 Å². The van der Waals surface area contributed by atoms with Crippen LogP contribution in [-0.2, 0) is 0 Å². The van der Waals surface area contributed by atoms with E-state index in [1.807, 2.05) is 0 Å². The third-order valence-electron chi connectivity index (χ3n) is 1.78. The molecule has 0 heterocycles. The number of hydrogen-bond donors (Lipinski definition) is 0. The average molecular weight is 134 g/mol. The predicted molar refractivity (Wildman–Crippen MR) is 45.9 cm³/mol. The first kappa shape index (κ1) is 7.33. The van der Waals surface area contributed by atoms with E-state index in [9.17, 15) is 0 Å². The van der Waals surface area contributed by atoms with Crippen molar-refractivity contribution in [2.24, 2.45) is 0 Å². The molecule has 0 aromatic carbocycles. The number of hydrogen-bond acceptors (Lipinski definition) is 0. The molecule has 0 heteroatoms. The first-order valence-electron chi connectivity index (χ1n) is 3.88. The molecular weight excluding hydrogens is 120 g/mol. The Labute approximate surface area is 62.9 Å². The van der Waals surface area contributed by atoms with E-state index in [-0.39, 0.29) is 0 Å². The van der Waals surface area contributed by atoms with Gasteiger partial charge in [-0.3, -0.25) is 0 Å². The van der Waals surface area contributed by atoms with Gasteiger partial charge in [-0.2, -0.15) is 0 Å². The molecule has 54 valence electrons. The summed E-state index contributed by atoms with van der Waals surface area (Å²) >= 11 is 0. The van der Waals surface area contributed by atoms with E-state index < -0.39 is 0 Å². The summed E-state index contributed by atoms with van der Waals surface area (Å²) in [6.45, 7) is 6.21. The Morgan fingerprint density at radius 2 is 2.50 bits per heavy atom. The standard InChI is InChI=1S/C10H14/c1-3-6-9(2)10-7-4-5-8-10/h4-5,7H,2-3,6,8H2,1H3. The van der Waals surface area contributed by atoms with Gasteiger partial charge in [0.1, 0.15) is 0 Å². The Morgan fingerprint density at radius 3 is 3.00 bits per heavy atom. The van der Waals surface area contributed by atoms with Crippen LogP contribution in [0.2, 0.25) is 0 Å². The van der Waals surface area contributed by atoms with E-state index in [0.29, 0.717) is 0 Å². The first-order valence-corrected chi connectivity index (χ1v) is 3.88. The Morgan fingerprint density at radius 1 is 1.70 bits per heavy atom. The van der Waals surface area contributed by atoms with E-state index in [2.05, 4.69) is 31.7 Å². The lowest BCUT2D eigenvalue weighted by molar-refractivity contribution is 0.909. The molecule has 0 amide bonds. The summed E-state index contributed by atoms with van der Waals surface area (Å²) in [7, 11) is 0. The van der Waals surface area contributed by atoms with Crippen LogP contribution in [-0.4, -0.2) is 0 Å². The quantitative estimate of drug-likeness (QED) is 0.556. The molecule has 10 heavy (non-hydrogen) atoms. The highest BCUT2D eigenvalue weighted by Gasteiger charge is 2.01. The van der Waals surface area contributed by atoms with Crippen molar-refractivity contribution < 1.29 is 0 Å². The summed E-state index contributed by atoms with van der Waals surface area (Å²) in [5, 5.41) is 0. The van der Waals surface area contributed by atoms with E-state index in [4.69, 9.17) is 0 Å². The van der Waals surface area contributed by atoms with Gasteiger partial charge in [0, 0.05) is 0 Å². The van der Waals surface area contributed by atoms with Gasteiger partial charge in [-0.05, 0) is 18.4 Å². The highest BCUT2D eigenvalue weighted by Crippen LogP contribution is 2.21. The molecule has 0 unspecified atom stereocenters. The van der Waals surface area contributed by atoms with Gasteiger partial charge in [0.25, 0.3) is 0 Å². The van der Waals surface area contributed by atoms with E-state index in [0.717, 1.165) is 12.8 Å². The van der Waals surface area contributed by atoms with Gasteiger partial charge in [0.2, 0.25) is 0 Å².